The fourth-order valence-electron chi connectivity index (χ4n) is 0.240. The van der Waals surface area contributed by atoms with Crippen molar-refractivity contribution in [1.29, 1.82) is 0 Å². The van der Waals surface area contributed by atoms with E-state index in [-0.39, 0.29) is 17.5 Å². The lowest BCUT2D eigenvalue weighted by atomic mass is 10.5. The average molecular weight is 115 g/mol. The molecule has 8 heavy (non-hydrogen) atoms. The van der Waals surface area contributed by atoms with E-state index in [1.165, 1.54) is 6.92 Å². The van der Waals surface area contributed by atoms with Gasteiger partial charge in [0.25, 0.3) is 0 Å². The van der Waals surface area contributed by atoms with E-state index in [4.69, 9.17) is 0 Å². The maximum atomic E-state index is 10.1. The van der Waals surface area contributed by atoms with E-state index in [0.717, 1.165) is 0 Å². The van der Waals surface area contributed by atoms with Crippen LogP contribution < -0.4 is 0 Å². The SMILES string of the molecule is C=NN([O-])CC(C)=O. The third-order valence-electron chi connectivity index (χ3n) is 0.516. The highest BCUT2D eigenvalue weighted by molar-refractivity contribution is 5.77. The Balaban J connectivity index is 3.38. The lowest BCUT2D eigenvalue weighted by Gasteiger charge is -2.20. The molecule has 0 aromatic rings. The van der Waals surface area contributed by atoms with Crippen LogP contribution >= 0.6 is 0 Å². The van der Waals surface area contributed by atoms with E-state index in [2.05, 4.69) is 11.8 Å². The zero-order valence-corrected chi connectivity index (χ0v) is 4.63. The number of hydrogen-bond donors (Lipinski definition) is 0. The first-order valence-electron chi connectivity index (χ1n) is 2.07. The Kier molecular flexibility index (Phi) is 2.79. The van der Waals surface area contributed by atoms with Gasteiger partial charge in [0, 0.05) is 6.72 Å². The van der Waals surface area contributed by atoms with E-state index in [1.807, 2.05) is 0 Å². The molecule has 0 bridgehead atoms. The number of carbonyl (C=O) groups excluding carboxylic acids is 1. The smallest absolute Gasteiger partial charge is 0.149 e. The number of hydrogen-bond acceptors (Lipinski definition) is 4. The van der Waals surface area contributed by atoms with Gasteiger partial charge < -0.3 is 10.4 Å². The first kappa shape index (κ1) is 7.10. The van der Waals surface area contributed by atoms with Crippen molar-refractivity contribution in [2.24, 2.45) is 5.10 Å². The highest BCUT2D eigenvalue weighted by atomic mass is 16.5. The molecular formula is C4H7N2O2-. The second-order valence-corrected chi connectivity index (χ2v) is 1.35. The first-order valence-corrected chi connectivity index (χ1v) is 2.07. The predicted octanol–water partition coefficient (Wildman–Crippen LogP) is -0.00920. The molecule has 0 aliphatic rings. The van der Waals surface area contributed by atoms with Crippen LogP contribution in [0.4, 0.5) is 0 Å². The van der Waals surface area contributed by atoms with Gasteiger partial charge in [-0.15, -0.1) is 0 Å². The molecule has 0 fully saturated rings. The summed E-state index contributed by atoms with van der Waals surface area (Å²) < 4.78 is 0. The minimum Gasteiger partial charge on any atom is -0.741 e. The molecule has 0 aliphatic heterocycles. The monoisotopic (exact) mass is 115 g/mol. The van der Waals surface area contributed by atoms with E-state index in [9.17, 15) is 10.0 Å². The maximum Gasteiger partial charge on any atom is 0.149 e. The summed E-state index contributed by atoms with van der Waals surface area (Å²) in [6, 6.07) is 0. The van der Waals surface area contributed by atoms with Gasteiger partial charge in [0.1, 0.15) is 5.78 Å². The van der Waals surface area contributed by atoms with Gasteiger partial charge in [-0.3, -0.25) is 4.79 Å². The summed E-state index contributed by atoms with van der Waals surface area (Å²) >= 11 is 0. The molecule has 0 N–H and O–H groups in total. The summed E-state index contributed by atoms with van der Waals surface area (Å²) in [7, 11) is 0. The van der Waals surface area contributed by atoms with Crippen LogP contribution in [0, 0.1) is 5.21 Å². The molecule has 0 spiro atoms. The minimum atomic E-state index is -0.215. The maximum absolute atomic E-state index is 10.1. The van der Waals surface area contributed by atoms with Gasteiger partial charge in [0.15, 0.2) is 0 Å². The van der Waals surface area contributed by atoms with Crippen LogP contribution in [0.1, 0.15) is 6.92 Å². The minimum absolute atomic E-state index is 0.205. The number of hydroxylamine groups is 1. The van der Waals surface area contributed by atoms with Crippen LogP contribution in [0.25, 0.3) is 0 Å². The summed E-state index contributed by atoms with van der Waals surface area (Å²) in [5.41, 5.74) is 0. The van der Waals surface area contributed by atoms with Crippen LogP contribution in [0.3, 0.4) is 0 Å². The van der Waals surface area contributed by atoms with Crippen LogP contribution in [0.15, 0.2) is 5.10 Å². The van der Waals surface area contributed by atoms with Crippen LogP contribution in [0.5, 0.6) is 0 Å². The lowest BCUT2D eigenvalue weighted by Crippen LogP contribution is -2.15. The molecular weight excluding hydrogens is 108 g/mol. The largest absolute Gasteiger partial charge is 0.741 e. The van der Waals surface area contributed by atoms with Crippen molar-refractivity contribution in [1.82, 2.24) is 5.17 Å². The molecule has 0 saturated heterocycles. The number of ketones is 1. The molecule has 0 heterocycles. The standard InChI is InChI=1S/C4H7N2O2/c1-4(7)3-6(8)5-2/h2-3H2,1H3/q-1. The van der Waals surface area contributed by atoms with Crippen molar-refractivity contribution in [3.8, 4) is 0 Å². The van der Waals surface area contributed by atoms with Gasteiger partial charge >= 0.3 is 0 Å². The van der Waals surface area contributed by atoms with Gasteiger partial charge in [-0.1, -0.05) is 0 Å². The van der Waals surface area contributed by atoms with E-state index in [0.29, 0.717) is 0 Å². The van der Waals surface area contributed by atoms with Gasteiger partial charge in [-0.2, -0.15) is 0 Å². The molecule has 4 nitrogen and oxygen atoms in total. The number of carbonyl (C=O) groups is 1. The van der Waals surface area contributed by atoms with Crippen molar-refractivity contribution in [3.63, 3.8) is 0 Å². The summed E-state index contributed by atoms with van der Waals surface area (Å²) in [4.78, 5) is 10.1. The van der Waals surface area contributed by atoms with Crippen molar-refractivity contribution in [2.45, 2.75) is 6.92 Å². The zero-order valence-electron chi connectivity index (χ0n) is 4.63. The lowest BCUT2D eigenvalue weighted by molar-refractivity contribution is -0.117. The number of Topliss-reactive ketones (excluding diaryl/α,β-unsaturated/α-hetero) is 1. The Morgan fingerprint density at radius 1 is 2.00 bits per heavy atom. The topological polar surface area (TPSA) is 55.7 Å². The Hall–Kier alpha value is -0.900. The van der Waals surface area contributed by atoms with Gasteiger partial charge in [0.2, 0.25) is 0 Å². The average Bonchev–Trinajstić information content (AvgIpc) is 1.65. The third kappa shape index (κ3) is 3.30. The second-order valence-electron chi connectivity index (χ2n) is 1.35. The van der Waals surface area contributed by atoms with Gasteiger partial charge in [-0.05, 0) is 6.92 Å². The number of hydrazone groups is 1. The van der Waals surface area contributed by atoms with Crippen LogP contribution in [-0.2, 0) is 4.79 Å². The molecule has 0 atom stereocenters. The Morgan fingerprint density at radius 2 is 2.50 bits per heavy atom. The molecule has 0 aromatic heterocycles. The van der Waals surface area contributed by atoms with Crippen molar-refractivity contribution in [3.05, 3.63) is 5.21 Å². The highest BCUT2D eigenvalue weighted by Crippen LogP contribution is 1.81. The molecule has 0 amide bonds. The molecule has 0 rings (SSSR count). The molecule has 0 unspecified atom stereocenters. The summed E-state index contributed by atoms with van der Waals surface area (Å²) in [5, 5.41) is 13.3. The normalized spacial score (nSPS) is 8.25. The Morgan fingerprint density at radius 3 is 2.62 bits per heavy atom. The fraction of sp³-hybridized carbons (Fsp3) is 0.500. The van der Waals surface area contributed by atoms with Gasteiger partial charge in [-0.25, -0.2) is 5.10 Å². The van der Waals surface area contributed by atoms with Crippen LogP contribution in [0.2, 0.25) is 0 Å². The summed E-state index contributed by atoms with van der Waals surface area (Å²) in [6.07, 6.45) is 0. The van der Waals surface area contributed by atoms with Crippen molar-refractivity contribution < 1.29 is 4.79 Å². The molecule has 4 heteroatoms. The van der Waals surface area contributed by atoms with E-state index >= 15 is 0 Å². The Labute approximate surface area is 47.4 Å². The summed E-state index contributed by atoms with van der Waals surface area (Å²) in [5.74, 6) is -0.215. The second kappa shape index (κ2) is 3.15. The molecule has 46 valence electrons. The van der Waals surface area contributed by atoms with Crippen molar-refractivity contribution in [2.75, 3.05) is 6.54 Å². The van der Waals surface area contributed by atoms with Gasteiger partial charge in [0.05, 0.1) is 6.54 Å². The van der Waals surface area contributed by atoms with E-state index in [1.54, 1.807) is 0 Å². The summed E-state index contributed by atoms with van der Waals surface area (Å²) in [6.45, 7) is 4.04. The Bertz CT molecular complexity index is 102. The molecule has 0 aromatic carbocycles. The number of rotatable bonds is 3. The predicted molar refractivity (Wildman–Crippen MR) is 30.3 cm³/mol. The first-order chi connectivity index (χ1) is 3.66. The highest BCUT2D eigenvalue weighted by Gasteiger charge is 1.88. The quantitative estimate of drug-likeness (QED) is 0.384. The van der Waals surface area contributed by atoms with E-state index < -0.39 is 0 Å². The third-order valence-corrected chi connectivity index (χ3v) is 0.516. The van der Waals surface area contributed by atoms with Crippen molar-refractivity contribution >= 4 is 12.5 Å². The molecule has 0 aliphatic carbocycles. The van der Waals surface area contributed by atoms with Crippen LogP contribution in [-0.4, -0.2) is 24.2 Å². The zero-order chi connectivity index (χ0) is 6.57. The molecule has 0 saturated carbocycles. The molecule has 0 radical (unpaired) electrons. The fourth-order valence-corrected chi connectivity index (χ4v) is 0.240. The number of nitrogens with zero attached hydrogens (tertiary/aromatic N) is 2.